The average Bonchev–Trinajstić information content (AvgIpc) is 2.33. The van der Waals surface area contributed by atoms with Crippen LogP contribution < -0.4 is 0 Å². The van der Waals surface area contributed by atoms with Gasteiger partial charge in [-0.3, -0.25) is 0 Å². The molecule has 0 spiro atoms. The molecule has 0 bridgehead atoms. The van der Waals surface area contributed by atoms with Gasteiger partial charge in [-0.05, 0) is 35.9 Å². The summed E-state index contributed by atoms with van der Waals surface area (Å²) in [7, 11) is 0. The fraction of sp³-hybridized carbons (Fsp3) is 0.0833. The van der Waals surface area contributed by atoms with Crippen LogP contribution in [-0.2, 0) is 6.61 Å². The minimum atomic E-state index is -0.243. The van der Waals surface area contributed by atoms with Crippen LogP contribution in [0.2, 0.25) is 0 Å². The standard InChI is InChI=1S/C12H10FNOS/c13-10-2-4-11(5-3-10)16-12-6-1-9(8-15)7-14-12/h1-7,15H,8H2. The topological polar surface area (TPSA) is 33.1 Å². The minimum absolute atomic E-state index is 0.00546. The zero-order valence-corrected chi connectivity index (χ0v) is 9.25. The molecule has 0 saturated carbocycles. The molecular formula is C12H10FNOS. The summed E-state index contributed by atoms with van der Waals surface area (Å²) in [6, 6.07) is 9.91. The normalized spacial score (nSPS) is 10.4. The van der Waals surface area contributed by atoms with Crippen LogP contribution in [0.1, 0.15) is 5.56 Å². The van der Waals surface area contributed by atoms with Gasteiger partial charge in [-0.1, -0.05) is 17.8 Å². The van der Waals surface area contributed by atoms with Crippen LogP contribution in [0.15, 0.2) is 52.5 Å². The van der Waals surface area contributed by atoms with Crippen LogP contribution in [0.4, 0.5) is 4.39 Å². The zero-order valence-electron chi connectivity index (χ0n) is 8.43. The van der Waals surface area contributed by atoms with E-state index in [0.717, 1.165) is 15.5 Å². The van der Waals surface area contributed by atoms with E-state index in [1.54, 1.807) is 18.3 Å². The molecule has 0 aliphatic rings. The van der Waals surface area contributed by atoms with Gasteiger partial charge in [0.05, 0.1) is 6.61 Å². The summed E-state index contributed by atoms with van der Waals surface area (Å²) in [4.78, 5) is 5.11. The number of aliphatic hydroxyl groups excluding tert-OH is 1. The van der Waals surface area contributed by atoms with E-state index in [4.69, 9.17) is 5.11 Å². The summed E-state index contributed by atoms with van der Waals surface area (Å²) in [5, 5.41) is 9.68. The van der Waals surface area contributed by atoms with Gasteiger partial charge in [0, 0.05) is 11.1 Å². The first kappa shape index (κ1) is 11.1. The molecule has 1 N–H and O–H groups in total. The van der Waals surface area contributed by atoms with Gasteiger partial charge in [-0.2, -0.15) is 0 Å². The van der Waals surface area contributed by atoms with E-state index in [9.17, 15) is 4.39 Å². The van der Waals surface area contributed by atoms with Crippen LogP contribution >= 0.6 is 11.8 Å². The maximum absolute atomic E-state index is 12.7. The largest absolute Gasteiger partial charge is 0.392 e. The highest BCUT2D eigenvalue weighted by molar-refractivity contribution is 7.99. The van der Waals surface area contributed by atoms with Crippen molar-refractivity contribution in [1.82, 2.24) is 4.98 Å². The Labute approximate surface area is 97.2 Å². The third-order valence-electron chi connectivity index (χ3n) is 2.02. The lowest BCUT2D eigenvalue weighted by molar-refractivity contribution is 0.281. The monoisotopic (exact) mass is 235 g/mol. The molecule has 1 heterocycles. The molecule has 1 aromatic heterocycles. The number of hydrogen-bond acceptors (Lipinski definition) is 3. The fourth-order valence-electron chi connectivity index (χ4n) is 1.19. The molecule has 0 radical (unpaired) electrons. The summed E-state index contributed by atoms with van der Waals surface area (Å²) in [6.45, 7) is -0.00546. The number of aliphatic hydroxyl groups is 1. The van der Waals surface area contributed by atoms with Gasteiger partial charge >= 0.3 is 0 Å². The molecule has 2 nitrogen and oxygen atoms in total. The molecule has 2 aromatic rings. The molecule has 4 heteroatoms. The van der Waals surface area contributed by atoms with E-state index in [1.165, 1.54) is 23.9 Å². The molecule has 1 aromatic carbocycles. The second kappa shape index (κ2) is 5.09. The summed E-state index contributed by atoms with van der Waals surface area (Å²) in [5.74, 6) is -0.243. The molecule has 0 fully saturated rings. The Kier molecular flexibility index (Phi) is 3.54. The SMILES string of the molecule is OCc1ccc(Sc2ccc(F)cc2)nc1. The van der Waals surface area contributed by atoms with Crippen molar-refractivity contribution < 1.29 is 9.50 Å². The lowest BCUT2D eigenvalue weighted by Crippen LogP contribution is -1.86. The predicted octanol–water partition coefficient (Wildman–Crippen LogP) is 2.86. The molecule has 0 atom stereocenters. The molecular weight excluding hydrogens is 225 g/mol. The Morgan fingerprint density at radius 2 is 1.88 bits per heavy atom. The number of aromatic nitrogens is 1. The van der Waals surface area contributed by atoms with Crippen LogP contribution in [0.25, 0.3) is 0 Å². The summed E-state index contributed by atoms with van der Waals surface area (Å²) >= 11 is 1.46. The van der Waals surface area contributed by atoms with Crippen LogP contribution in [0.3, 0.4) is 0 Å². The third-order valence-corrected chi connectivity index (χ3v) is 2.97. The number of hydrogen-bond donors (Lipinski definition) is 1. The number of benzene rings is 1. The van der Waals surface area contributed by atoms with Crippen molar-refractivity contribution in [2.45, 2.75) is 16.5 Å². The maximum atomic E-state index is 12.7. The lowest BCUT2D eigenvalue weighted by Gasteiger charge is -2.01. The fourth-order valence-corrected chi connectivity index (χ4v) is 1.94. The van der Waals surface area contributed by atoms with Crippen molar-refractivity contribution in [1.29, 1.82) is 0 Å². The highest BCUT2D eigenvalue weighted by Crippen LogP contribution is 2.25. The minimum Gasteiger partial charge on any atom is -0.392 e. The quantitative estimate of drug-likeness (QED) is 0.888. The molecule has 16 heavy (non-hydrogen) atoms. The highest BCUT2D eigenvalue weighted by atomic mass is 32.2. The van der Waals surface area contributed by atoms with Gasteiger partial charge in [0.1, 0.15) is 10.8 Å². The third kappa shape index (κ3) is 2.81. The van der Waals surface area contributed by atoms with Crippen molar-refractivity contribution in [3.63, 3.8) is 0 Å². The Morgan fingerprint density at radius 3 is 2.44 bits per heavy atom. The van der Waals surface area contributed by atoms with E-state index >= 15 is 0 Å². The van der Waals surface area contributed by atoms with Crippen molar-refractivity contribution >= 4 is 11.8 Å². The van der Waals surface area contributed by atoms with Crippen molar-refractivity contribution in [2.24, 2.45) is 0 Å². The first-order valence-electron chi connectivity index (χ1n) is 4.77. The van der Waals surface area contributed by atoms with E-state index < -0.39 is 0 Å². The number of halogens is 1. The first-order chi connectivity index (χ1) is 7.78. The van der Waals surface area contributed by atoms with Crippen molar-refractivity contribution in [3.05, 3.63) is 54.0 Å². The maximum Gasteiger partial charge on any atom is 0.123 e. The smallest absolute Gasteiger partial charge is 0.123 e. The number of nitrogens with zero attached hydrogens (tertiary/aromatic N) is 1. The number of rotatable bonds is 3. The summed E-state index contributed by atoms with van der Waals surface area (Å²) in [5.41, 5.74) is 0.781. The van der Waals surface area contributed by atoms with E-state index in [-0.39, 0.29) is 12.4 Å². The molecule has 82 valence electrons. The zero-order chi connectivity index (χ0) is 11.4. The Morgan fingerprint density at radius 1 is 1.12 bits per heavy atom. The Hall–Kier alpha value is -1.39. The van der Waals surface area contributed by atoms with Crippen LogP contribution in [0.5, 0.6) is 0 Å². The van der Waals surface area contributed by atoms with Gasteiger partial charge in [0.2, 0.25) is 0 Å². The molecule has 0 unspecified atom stereocenters. The molecule has 0 saturated heterocycles. The van der Waals surface area contributed by atoms with Gasteiger partial charge in [0.25, 0.3) is 0 Å². The molecule has 0 amide bonds. The molecule has 2 rings (SSSR count). The Bertz CT molecular complexity index is 455. The van der Waals surface area contributed by atoms with Gasteiger partial charge < -0.3 is 5.11 Å². The second-order valence-corrected chi connectivity index (χ2v) is 4.31. The van der Waals surface area contributed by atoms with Gasteiger partial charge in [0.15, 0.2) is 0 Å². The molecule has 0 aliphatic heterocycles. The predicted molar refractivity (Wildman–Crippen MR) is 60.7 cm³/mol. The second-order valence-electron chi connectivity index (χ2n) is 3.22. The van der Waals surface area contributed by atoms with Crippen molar-refractivity contribution in [2.75, 3.05) is 0 Å². The summed E-state index contributed by atoms with van der Waals surface area (Å²) in [6.07, 6.45) is 1.63. The lowest BCUT2D eigenvalue weighted by atomic mass is 10.3. The van der Waals surface area contributed by atoms with E-state index in [1.807, 2.05) is 12.1 Å². The number of pyridine rings is 1. The first-order valence-corrected chi connectivity index (χ1v) is 5.59. The van der Waals surface area contributed by atoms with Gasteiger partial charge in [-0.15, -0.1) is 0 Å². The molecule has 0 aliphatic carbocycles. The van der Waals surface area contributed by atoms with Gasteiger partial charge in [-0.25, -0.2) is 9.37 Å². The Balaban J connectivity index is 2.11. The average molecular weight is 235 g/mol. The van der Waals surface area contributed by atoms with Crippen LogP contribution in [-0.4, -0.2) is 10.1 Å². The van der Waals surface area contributed by atoms with Crippen molar-refractivity contribution in [3.8, 4) is 0 Å². The van der Waals surface area contributed by atoms with E-state index in [2.05, 4.69) is 4.98 Å². The highest BCUT2D eigenvalue weighted by Gasteiger charge is 1.99. The summed E-state index contributed by atoms with van der Waals surface area (Å²) < 4.78 is 12.7. The van der Waals surface area contributed by atoms with Crippen LogP contribution in [0, 0.1) is 5.82 Å². The van der Waals surface area contributed by atoms with E-state index in [0.29, 0.717) is 0 Å².